The van der Waals surface area contributed by atoms with Crippen molar-refractivity contribution >= 4 is 12.0 Å². The molecule has 1 N–H and O–H groups in total. The smallest absolute Gasteiger partial charge is 0.307 e. The Labute approximate surface area is 214 Å². The van der Waals surface area contributed by atoms with Crippen LogP contribution in [0.15, 0.2) is 5.76 Å². The average molecular weight is 487 g/mol. The zero-order valence-electron chi connectivity index (χ0n) is 23.8. The summed E-state index contributed by atoms with van der Waals surface area (Å²) in [5.74, 6) is 3.54. The molecule has 1 aromatic carbocycles. The van der Waals surface area contributed by atoms with Gasteiger partial charge in [-0.15, -0.1) is 0 Å². The highest BCUT2D eigenvalue weighted by atomic mass is 16.6. The summed E-state index contributed by atoms with van der Waals surface area (Å²) in [6.07, 6.45) is 12.7. The average Bonchev–Trinajstić information content (AvgIpc) is 2.77. The van der Waals surface area contributed by atoms with Crippen LogP contribution in [0.4, 0.5) is 0 Å². The lowest BCUT2D eigenvalue weighted by molar-refractivity contribution is -0.139. The Kier molecular flexibility index (Phi) is 10.7. The zero-order valence-corrected chi connectivity index (χ0v) is 23.8. The summed E-state index contributed by atoms with van der Waals surface area (Å²) in [6, 6.07) is 0. The van der Waals surface area contributed by atoms with Crippen LogP contribution >= 0.6 is 0 Å². The molecule has 1 aliphatic heterocycles. The van der Waals surface area contributed by atoms with Crippen LogP contribution in [-0.2, 0) is 9.53 Å². The molecule has 4 nitrogen and oxygen atoms in total. The highest BCUT2D eigenvalue weighted by molar-refractivity contribution is 5.75. The maximum atomic E-state index is 11.9. The lowest BCUT2D eigenvalue weighted by Crippen LogP contribution is -2.39. The van der Waals surface area contributed by atoms with Crippen molar-refractivity contribution < 1.29 is 19.4 Å². The summed E-state index contributed by atoms with van der Waals surface area (Å²) in [5.41, 5.74) is 2.62. The van der Waals surface area contributed by atoms with Crippen LogP contribution in [0.2, 0.25) is 0 Å². The summed E-state index contributed by atoms with van der Waals surface area (Å²) in [6.45, 7) is 18.6. The van der Waals surface area contributed by atoms with E-state index in [4.69, 9.17) is 9.47 Å². The van der Waals surface area contributed by atoms with Gasteiger partial charge in [-0.25, -0.2) is 0 Å². The van der Waals surface area contributed by atoms with Gasteiger partial charge in [-0.1, -0.05) is 72.6 Å². The molecule has 1 aromatic rings. The molecule has 0 radical (unpaired) electrons. The van der Waals surface area contributed by atoms with Gasteiger partial charge >= 0.3 is 5.97 Å². The second-order valence-electron chi connectivity index (χ2n) is 11.8. The van der Waals surface area contributed by atoms with Gasteiger partial charge in [0.1, 0.15) is 11.5 Å². The van der Waals surface area contributed by atoms with Crippen molar-refractivity contribution in [3.05, 3.63) is 28.0 Å². The first-order valence-corrected chi connectivity index (χ1v) is 13.8. The van der Waals surface area contributed by atoms with Crippen molar-refractivity contribution in [1.82, 2.24) is 0 Å². The van der Waals surface area contributed by atoms with E-state index in [-0.39, 0.29) is 11.7 Å². The Morgan fingerprint density at radius 1 is 0.914 bits per heavy atom. The molecule has 3 atom stereocenters. The largest absolute Gasteiger partial charge is 0.507 e. The Hall–Kier alpha value is -1.97. The molecule has 0 aliphatic carbocycles. The Balaban J connectivity index is 1.97. The topological polar surface area (TPSA) is 55.8 Å². The second-order valence-corrected chi connectivity index (χ2v) is 11.8. The van der Waals surface area contributed by atoms with Crippen LogP contribution < -0.4 is 4.74 Å². The molecule has 1 heterocycles. The van der Waals surface area contributed by atoms with Gasteiger partial charge in [0.25, 0.3) is 0 Å². The van der Waals surface area contributed by atoms with E-state index in [2.05, 4.69) is 27.7 Å². The van der Waals surface area contributed by atoms with Crippen molar-refractivity contribution in [1.29, 1.82) is 0 Å². The molecule has 0 spiro atoms. The van der Waals surface area contributed by atoms with Crippen LogP contribution in [0, 0.1) is 38.5 Å². The van der Waals surface area contributed by atoms with Crippen molar-refractivity contribution in [2.45, 2.75) is 126 Å². The molecule has 0 unspecified atom stereocenters. The number of phenols is 1. The minimum absolute atomic E-state index is 0.273. The predicted octanol–water partition coefficient (Wildman–Crippen LogP) is 8.81. The minimum Gasteiger partial charge on any atom is -0.507 e. The number of carbonyl (C=O) groups is 1. The van der Waals surface area contributed by atoms with Gasteiger partial charge in [0, 0.05) is 18.1 Å². The molecule has 0 amide bonds. The monoisotopic (exact) mass is 486 g/mol. The molecule has 198 valence electrons. The van der Waals surface area contributed by atoms with E-state index in [1.807, 2.05) is 33.8 Å². The van der Waals surface area contributed by atoms with Crippen molar-refractivity contribution in [3.8, 4) is 11.5 Å². The maximum Gasteiger partial charge on any atom is 0.307 e. The number of hydrogen-bond acceptors (Lipinski definition) is 4. The van der Waals surface area contributed by atoms with Crippen molar-refractivity contribution in [2.24, 2.45) is 17.8 Å². The molecular weight excluding hydrogens is 436 g/mol. The summed E-state index contributed by atoms with van der Waals surface area (Å²) in [5, 5.41) is 10.5. The molecule has 0 saturated carbocycles. The summed E-state index contributed by atoms with van der Waals surface area (Å²) in [7, 11) is 0. The number of benzene rings is 1. The fourth-order valence-corrected chi connectivity index (χ4v) is 5.23. The third kappa shape index (κ3) is 8.02. The second kappa shape index (κ2) is 12.8. The van der Waals surface area contributed by atoms with Crippen LogP contribution in [0.25, 0.3) is 6.08 Å². The van der Waals surface area contributed by atoms with Gasteiger partial charge in [0.05, 0.1) is 0 Å². The van der Waals surface area contributed by atoms with Crippen LogP contribution in [0.1, 0.15) is 122 Å². The first kappa shape index (κ1) is 29.3. The predicted molar refractivity (Wildman–Crippen MR) is 146 cm³/mol. The molecule has 4 heteroatoms. The molecule has 2 rings (SSSR count). The van der Waals surface area contributed by atoms with Gasteiger partial charge in [0.15, 0.2) is 11.4 Å². The van der Waals surface area contributed by atoms with Gasteiger partial charge in [-0.05, 0) is 75.5 Å². The van der Waals surface area contributed by atoms with Crippen LogP contribution in [0.5, 0.6) is 11.5 Å². The Morgan fingerprint density at radius 2 is 1.46 bits per heavy atom. The molecule has 0 fully saturated rings. The SMILES string of the molecule is CC(=O)OC1=Cc2c(C)c(O)c(C)c(C)c2O[C@@]1(C)CCC[C@H](C)CCC[C@@H](C)CCCC(C)C. The molecule has 0 bridgehead atoms. The van der Waals surface area contributed by atoms with E-state index in [0.29, 0.717) is 11.7 Å². The number of ether oxygens (including phenoxy) is 2. The lowest BCUT2D eigenvalue weighted by atomic mass is 9.86. The molecular formula is C31H50O4. The summed E-state index contributed by atoms with van der Waals surface area (Å²) in [4.78, 5) is 11.9. The van der Waals surface area contributed by atoms with E-state index in [1.54, 1.807) is 0 Å². The van der Waals surface area contributed by atoms with Gasteiger partial charge in [-0.3, -0.25) is 4.79 Å². The summed E-state index contributed by atoms with van der Waals surface area (Å²) < 4.78 is 12.2. The number of aromatic hydroxyl groups is 1. The first-order chi connectivity index (χ1) is 16.4. The van der Waals surface area contributed by atoms with Gasteiger partial charge in [-0.2, -0.15) is 0 Å². The number of esters is 1. The molecule has 0 aromatic heterocycles. The number of rotatable bonds is 13. The summed E-state index contributed by atoms with van der Waals surface area (Å²) >= 11 is 0. The number of hydrogen-bond donors (Lipinski definition) is 1. The molecule has 35 heavy (non-hydrogen) atoms. The van der Waals surface area contributed by atoms with E-state index in [9.17, 15) is 9.90 Å². The van der Waals surface area contributed by atoms with E-state index in [1.165, 1.54) is 45.4 Å². The number of phenolic OH excluding ortho intramolecular Hbond substituents is 1. The van der Waals surface area contributed by atoms with E-state index in [0.717, 1.165) is 59.1 Å². The third-order valence-corrected chi connectivity index (χ3v) is 7.86. The van der Waals surface area contributed by atoms with E-state index < -0.39 is 5.60 Å². The number of fused-ring (bicyclic) bond motifs is 1. The molecule has 0 saturated heterocycles. The van der Waals surface area contributed by atoms with Crippen LogP contribution in [0.3, 0.4) is 0 Å². The van der Waals surface area contributed by atoms with Crippen molar-refractivity contribution in [3.63, 3.8) is 0 Å². The normalized spacial score (nSPS) is 19.1. The molecule has 1 aliphatic rings. The number of carbonyl (C=O) groups excluding carboxylic acids is 1. The first-order valence-electron chi connectivity index (χ1n) is 13.8. The third-order valence-electron chi connectivity index (χ3n) is 7.86. The highest BCUT2D eigenvalue weighted by Crippen LogP contribution is 2.46. The van der Waals surface area contributed by atoms with Gasteiger partial charge in [0.2, 0.25) is 0 Å². The standard InChI is InChI=1S/C31H50O4/c1-20(2)13-10-14-21(3)15-11-16-22(4)17-12-18-31(9)28(34-26(8)32)19-27-25(7)29(33)23(5)24(6)30(27)35-31/h19-22,33H,10-18H2,1-9H3/t21-,22+,31-/m0/s1. The fourth-order valence-electron chi connectivity index (χ4n) is 5.23. The Bertz CT molecular complexity index is 898. The lowest BCUT2D eigenvalue weighted by Gasteiger charge is -2.37. The fraction of sp³-hybridized carbons (Fsp3) is 0.710. The highest BCUT2D eigenvalue weighted by Gasteiger charge is 2.39. The Morgan fingerprint density at radius 3 is 2.00 bits per heavy atom. The van der Waals surface area contributed by atoms with Crippen molar-refractivity contribution in [2.75, 3.05) is 0 Å². The maximum absolute atomic E-state index is 11.9. The minimum atomic E-state index is -0.704. The quantitative estimate of drug-likeness (QED) is 0.283. The zero-order chi connectivity index (χ0) is 26.3. The van der Waals surface area contributed by atoms with E-state index >= 15 is 0 Å². The van der Waals surface area contributed by atoms with Gasteiger partial charge < -0.3 is 14.6 Å². The van der Waals surface area contributed by atoms with Crippen LogP contribution in [-0.4, -0.2) is 16.7 Å².